The number of benzene rings is 1. The first-order valence-corrected chi connectivity index (χ1v) is 10.5. The van der Waals surface area contributed by atoms with Gasteiger partial charge in [-0.25, -0.2) is 13.1 Å². The van der Waals surface area contributed by atoms with Crippen LogP contribution in [0.3, 0.4) is 0 Å². The van der Waals surface area contributed by atoms with Gasteiger partial charge in [0, 0.05) is 11.1 Å². The van der Waals surface area contributed by atoms with E-state index < -0.39 is 9.84 Å². The van der Waals surface area contributed by atoms with Gasteiger partial charge in [0.15, 0.2) is 15.6 Å². The molecule has 8 heteroatoms. The highest BCUT2D eigenvalue weighted by Crippen LogP contribution is 2.33. The highest BCUT2D eigenvalue weighted by Gasteiger charge is 2.32. The van der Waals surface area contributed by atoms with Crippen molar-refractivity contribution in [1.29, 1.82) is 0 Å². The van der Waals surface area contributed by atoms with Crippen molar-refractivity contribution in [2.24, 2.45) is 0 Å². The van der Waals surface area contributed by atoms with Crippen LogP contribution in [-0.4, -0.2) is 42.1 Å². The monoisotopic (exact) mass is 392 g/mol. The molecule has 0 unspecified atom stereocenters. The van der Waals surface area contributed by atoms with Crippen molar-refractivity contribution in [2.75, 3.05) is 18.1 Å². The summed E-state index contributed by atoms with van der Waals surface area (Å²) in [6.07, 6.45) is 2.19. The minimum atomic E-state index is -3.04. The van der Waals surface area contributed by atoms with E-state index in [1.807, 2.05) is 6.07 Å². The van der Waals surface area contributed by atoms with Crippen LogP contribution in [0.15, 0.2) is 29.8 Å². The maximum Gasteiger partial charge on any atom is 0.196 e. The van der Waals surface area contributed by atoms with Crippen molar-refractivity contribution in [3.05, 3.63) is 51.8 Å². The van der Waals surface area contributed by atoms with Crippen molar-refractivity contribution in [1.82, 2.24) is 9.78 Å². The second-order valence-electron chi connectivity index (χ2n) is 6.57. The molecular formula is C18H17ClN2O4S. The summed E-state index contributed by atoms with van der Waals surface area (Å²) in [7, 11) is -3.04. The predicted molar refractivity (Wildman–Crippen MR) is 98.5 cm³/mol. The molecule has 4 rings (SSSR count). The lowest BCUT2D eigenvalue weighted by Crippen LogP contribution is -2.18. The van der Waals surface area contributed by atoms with E-state index in [2.05, 4.69) is 5.10 Å². The summed E-state index contributed by atoms with van der Waals surface area (Å²) in [5.41, 5.74) is 2.29. The normalized spacial score (nSPS) is 23.1. The Bertz CT molecular complexity index is 1040. The molecule has 1 atom stereocenters. The van der Waals surface area contributed by atoms with Gasteiger partial charge in [-0.1, -0.05) is 23.7 Å². The maximum absolute atomic E-state index is 12.7. The fourth-order valence-corrected chi connectivity index (χ4v) is 5.42. The number of aromatic nitrogens is 2. The Morgan fingerprint density at radius 2 is 2.12 bits per heavy atom. The van der Waals surface area contributed by atoms with Gasteiger partial charge in [-0.3, -0.25) is 4.79 Å². The molecule has 3 heterocycles. The van der Waals surface area contributed by atoms with E-state index >= 15 is 0 Å². The fourth-order valence-electron chi connectivity index (χ4n) is 3.36. The van der Waals surface area contributed by atoms with Crippen LogP contribution >= 0.6 is 11.6 Å². The van der Waals surface area contributed by atoms with Crippen molar-refractivity contribution >= 4 is 33.3 Å². The number of para-hydroxylation sites is 1. The number of nitrogens with zero attached hydrogens (tertiary/aromatic N) is 2. The molecule has 2 aromatic rings. The standard InChI is InChI=1S/C18H17ClN2O4S/c1-11-15(18(19)21(20-11)13-6-7-26(23,24)10-13)8-12-9-25-16-5-3-2-4-14(16)17(12)22/h2-5,8,13H,6-7,9-10H2,1H3/b12-8+/t13-/m0/s1. The van der Waals surface area contributed by atoms with E-state index in [1.165, 1.54) is 0 Å². The molecule has 2 aliphatic rings. The molecule has 0 aliphatic carbocycles. The summed E-state index contributed by atoms with van der Waals surface area (Å²) >= 11 is 6.48. The largest absolute Gasteiger partial charge is 0.488 e. The highest BCUT2D eigenvalue weighted by atomic mass is 35.5. The van der Waals surface area contributed by atoms with Crippen LogP contribution in [0.5, 0.6) is 5.75 Å². The molecule has 136 valence electrons. The van der Waals surface area contributed by atoms with Gasteiger partial charge in [0.05, 0.1) is 28.8 Å². The lowest BCUT2D eigenvalue weighted by molar-refractivity contribution is 0.100. The van der Waals surface area contributed by atoms with Gasteiger partial charge in [0.25, 0.3) is 0 Å². The van der Waals surface area contributed by atoms with E-state index in [1.54, 1.807) is 35.9 Å². The molecule has 2 aliphatic heterocycles. The number of aryl methyl sites for hydroxylation is 1. The predicted octanol–water partition coefficient (Wildman–Crippen LogP) is 2.86. The van der Waals surface area contributed by atoms with Crippen molar-refractivity contribution in [2.45, 2.75) is 19.4 Å². The molecule has 26 heavy (non-hydrogen) atoms. The zero-order valence-corrected chi connectivity index (χ0v) is 15.7. The number of rotatable bonds is 2. The summed E-state index contributed by atoms with van der Waals surface area (Å²) in [5.74, 6) is 0.661. The number of hydrogen-bond donors (Lipinski definition) is 0. The summed E-state index contributed by atoms with van der Waals surface area (Å²) in [6.45, 7) is 1.95. The smallest absolute Gasteiger partial charge is 0.196 e. The van der Waals surface area contributed by atoms with Crippen LogP contribution in [0.25, 0.3) is 6.08 Å². The van der Waals surface area contributed by atoms with Crippen LogP contribution < -0.4 is 4.74 Å². The Hall–Kier alpha value is -2.12. The number of ketones is 1. The van der Waals surface area contributed by atoms with E-state index in [9.17, 15) is 13.2 Å². The number of hydrogen-bond acceptors (Lipinski definition) is 5. The minimum Gasteiger partial charge on any atom is -0.488 e. The zero-order chi connectivity index (χ0) is 18.5. The van der Waals surface area contributed by atoms with Crippen LogP contribution in [0, 0.1) is 6.92 Å². The SMILES string of the molecule is Cc1nn([C@H]2CCS(=O)(=O)C2)c(Cl)c1/C=C1\COc2ccccc2C1=O. The van der Waals surface area contributed by atoms with Gasteiger partial charge in [-0.15, -0.1) is 0 Å². The summed E-state index contributed by atoms with van der Waals surface area (Å²) in [6, 6.07) is 6.84. The van der Waals surface area contributed by atoms with Gasteiger partial charge < -0.3 is 4.74 Å². The highest BCUT2D eigenvalue weighted by molar-refractivity contribution is 7.91. The molecule has 0 radical (unpaired) electrons. The number of ether oxygens (including phenoxy) is 1. The third kappa shape index (κ3) is 2.95. The second-order valence-corrected chi connectivity index (χ2v) is 9.16. The molecule has 1 aromatic heterocycles. The molecule has 0 bridgehead atoms. The molecule has 6 nitrogen and oxygen atoms in total. The van der Waals surface area contributed by atoms with E-state index in [-0.39, 0.29) is 29.9 Å². The zero-order valence-electron chi connectivity index (χ0n) is 14.1. The minimum absolute atomic E-state index is 0.0409. The molecule has 1 fully saturated rings. The average Bonchev–Trinajstić information content (AvgIpc) is 3.10. The molecular weight excluding hydrogens is 376 g/mol. The summed E-state index contributed by atoms with van der Waals surface area (Å²) in [4.78, 5) is 12.7. The van der Waals surface area contributed by atoms with E-state index in [0.717, 1.165) is 0 Å². The molecule has 0 amide bonds. The number of fused-ring (bicyclic) bond motifs is 1. The Morgan fingerprint density at radius 1 is 1.35 bits per heavy atom. The number of halogens is 1. The number of carbonyl (C=O) groups is 1. The van der Waals surface area contributed by atoms with Crippen LogP contribution in [-0.2, 0) is 9.84 Å². The molecule has 0 N–H and O–H groups in total. The summed E-state index contributed by atoms with van der Waals surface area (Å²) < 4.78 is 30.7. The Kier molecular flexibility index (Phi) is 4.16. The first-order chi connectivity index (χ1) is 12.4. The lowest BCUT2D eigenvalue weighted by atomic mass is 9.99. The lowest BCUT2D eigenvalue weighted by Gasteiger charge is -2.18. The van der Waals surface area contributed by atoms with Crippen molar-refractivity contribution in [3.8, 4) is 5.75 Å². The van der Waals surface area contributed by atoms with Gasteiger partial charge in [-0.05, 0) is 31.6 Å². The molecule has 0 saturated carbocycles. The quantitative estimate of drug-likeness (QED) is 0.734. The average molecular weight is 393 g/mol. The fraction of sp³-hybridized carbons (Fsp3) is 0.333. The Balaban J connectivity index is 1.69. The first kappa shape index (κ1) is 17.3. The van der Waals surface area contributed by atoms with Gasteiger partial charge in [-0.2, -0.15) is 5.10 Å². The molecule has 1 aromatic carbocycles. The van der Waals surface area contributed by atoms with Gasteiger partial charge in [0.2, 0.25) is 0 Å². The van der Waals surface area contributed by atoms with Crippen LogP contribution in [0.2, 0.25) is 5.15 Å². The molecule has 0 spiro atoms. The Morgan fingerprint density at radius 3 is 2.85 bits per heavy atom. The van der Waals surface area contributed by atoms with E-state index in [0.29, 0.717) is 39.7 Å². The molecule has 1 saturated heterocycles. The van der Waals surface area contributed by atoms with Gasteiger partial charge in [0.1, 0.15) is 17.5 Å². The van der Waals surface area contributed by atoms with Crippen molar-refractivity contribution < 1.29 is 17.9 Å². The van der Waals surface area contributed by atoms with Crippen LogP contribution in [0.1, 0.15) is 34.1 Å². The third-order valence-electron chi connectivity index (χ3n) is 4.75. The van der Waals surface area contributed by atoms with Gasteiger partial charge >= 0.3 is 0 Å². The number of sulfone groups is 1. The first-order valence-electron chi connectivity index (χ1n) is 8.28. The number of carbonyl (C=O) groups excluding carboxylic acids is 1. The van der Waals surface area contributed by atoms with Crippen molar-refractivity contribution in [3.63, 3.8) is 0 Å². The summed E-state index contributed by atoms with van der Waals surface area (Å²) in [5, 5.41) is 4.77. The second kappa shape index (κ2) is 6.25. The Labute approximate surface area is 156 Å². The third-order valence-corrected chi connectivity index (χ3v) is 6.88. The van der Waals surface area contributed by atoms with Crippen LogP contribution in [0.4, 0.5) is 0 Å². The van der Waals surface area contributed by atoms with E-state index in [4.69, 9.17) is 16.3 Å². The maximum atomic E-state index is 12.7. The topological polar surface area (TPSA) is 78.3 Å². The number of Topliss-reactive ketones (excluding diaryl/α,β-unsaturated/α-hetero) is 1.